The van der Waals surface area contributed by atoms with Crippen molar-refractivity contribution >= 4 is 25.1 Å². The Morgan fingerprint density at radius 2 is 1.55 bits per heavy atom. The van der Waals surface area contributed by atoms with Gasteiger partial charge in [0, 0.05) is 6.61 Å². The van der Waals surface area contributed by atoms with E-state index in [0.717, 1.165) is 19.3 Å². The van der Waals surface area contributed by atoms with E-state index in [1.165, 1.54) is 94.1 Å². The average Bonchev–Trinajstić information content (AvgIpc) is 2.94. The van der Waals surface area contributed by atoms with Crippen molar-refractivity contribution < 1.29 is 28.6 Å². The highest BCUT2D eigenvalue weighted by Crippen LogP contribution is 2.42. The van der Waals surface area contributed by atoms with Crippen LogP contribution in [0.3, 0.4) is 0 Å². The summed E-state index contributed by atoms with van der Waals surface area (Å²) >= 11 is 2.14. The van der Waals surface area contributed by atoms with E-state index in [-0.39, 0.29) is 12.7 Å². The third kappa shape index (κ3) is 18.6. The van der Waals surface area contributed by atoms with E-state index in [2.05, 4.69) is 54.4 Å². The Kier molecular flexibility index (Phi) is 22.0. The molecule has 0 radical (unpaired) electrons. The highest BCUT2D eigenvalue weighted by molar-refractivity contribution is 7.99. The molecule has 0 fully saturated rings. The predicted molar refractivity (Wildman–Crippen MR) is 170 cm³/mol. The van der Waals surface area contributed by atoms with Gasteiger partial charge in [0.25, 0.3) is 0 Å². The maximum absolute atomic E-state index is 11.2. The number of unbranched alkanes of at least 4 members (excludes halogenated alkanes) is 9. The van der Waals surface area contributed by atoms with Gasteiger partial charge in [0.15, 0.2) is 0 Å². The highest BCUT2D eigenvalue weighted by atomic mass is 32.2. The van der Waals surface area contributed by atoms with Crippen molar-refractivity contribution in [2.45, 2.75) is 136 Å². The lowest BCUT2D eigenvalue weighted by Gasteiger charge is -2.18. The molecular weight excluding hydrogens is 543 g/mol. The minimum Gasteiger partial charge on any atom is -0.472 e. The van der Waals surface area contributed by atoms with Crippen LogP contribution in [0, 0.1) is 0 Å². The number of carboxylic acid groups (broad SMARTS) is 1. The minimum absolute atomic E-state index is 0.0996. The van der Waals surface area contributed by atoms with Crippen LogP contribution in [-0.2, 0) is 20.2 Å². The van der Waals surface area contributed by atoms with Gasteiger partial charge in [0.2, 0.25) is 0 Å². The van der Waals surface area contributed by atoms with Crippen molar-refractivity contribution in [2.24, 2.45) is 0 Å². The smallest absolute Gasteiger partial charge is 0.435 e. The molecule has 1 aromatic carbocycles. The van der Waals surface area contributed by atoms with Crippen molar-refractivity contribution in [3.8, 4) is 0 Å². The van der Waals surface area contributed by atoms with Crippen LogP contribution >= 0.6 is 19.4 Å². The lowest BCUT2D eigenvalue weighted by molar-refractivity contribution is 0.0499. The second kappa shape index (κ2) is 23.7. The molecule has 0 spiro atoms. The van der Waals surface area contributed by atoms with Gasteiger partial charge in [-0.2, -0.15) is 11.8 Å². The SMILES string of the molecule is CCCCCCCC(CCSCCCCCCCCC(C)OCCCOP(=O)(O)C(=O)O)c1cccc(CC)c1. The summed E-state index contributed by atoms with van der Waals surface area (Å²) < 4.78 is 21.4. The molecule has 0 bridgehead atoms. The normalized spacial score (nSPS) is 14.6. The van der Waals surface area contributed by atoms with Crippen LogP contribution in [0.25, 0.3) is 0 Å². The van der Waals surface area contributed by atoms with E-state index in [0.29, 0.717) is 18.9 Å². The summed E-state index contributed by atoms with van der Waals surface area (Å²) in [4.78, 5) is 19.6. The summed E-state index contributed by atoms with van der Waals surface area (Å²) in [6, 6.07) is 9.31. The fourth-order valence-corrected chi connectivity index (χ4v) is 6.43. The molecule has 0 aliphatic carbocycles. The van der Waals surface area contributed by atoms with Crippen LogP contribution in [0.1, 0.15) is 134 Å². The molecule has 0 saturated carbocycles. The Labute approximate surface area is 248 Å². The van der Waals surface area contributed by atoms with Gasteiger partial charge in [-0.25, -0.2) is 9.36 Å². The first-order valence-corrected chi connectivity index (χ1v) is 18.5. The maximum atomic E-state index is 11.2. The van der Waals surface area contributed by atoms with Gasteiger partial charge in [0.1, 0.15) is 0 Å². The van der Waals surface area contributed by atoms with Gasteiger partial charge in [-0.3, -0.25) is 0 Å². The summed E-state index contributed by atoms with van der Waals surface area (Å²) in [5, 5.41) is 8.55. The monoisotopic (exact) mass is 600 g/mol. The number of carbonyl (C=O) groups is 1. The third-order valence-electron chi connectivity index (χ3n) is 7.45. The molecule has 3 atom stereocenters. The fourth-order valence-electron chi connectivity index (χ4n) is 4.88. The number of aryl methyl sites for hydroxylation is 1. The van der Waals surface area contributed by atoms with Gasteiger partial charge < -0.3 is 19.3 Å². The molecule has 0 amide bonds. The lowest BCUT2D eigenvalue weighted by atomic mass is 9.89. The van der Waals surface area contributed by atoms with Gasteiger partial charge in [0.05, 0.1) is 12.7 Å². The summed E-state index contributed by atoms with van der Waals surface area (Å²) in [7, 11) is -4.53. The third-order valence-corrected chi connectivity index (χ3v) is 9.56. The van der Waals surface area contributed by atoms with E-state index in [4.69, 9.17) is 14.7 Å². The molecule has 1 rings (SSSR count). The van der Waals surface area contributed by atoms with Crippen LogP contribution in [-0.4, -0.2) is 46.5 Å². The number of hydrogen-bond donors (Lipinski definition) is 2. The van der Waals surface area contributed by atoms with E-state index in [1.54, 1.807) is 5.56 Å². The molecule has 1 aromatic rings. The molecule has 0 aliphatic heterocycles. The average molecular weight is 601 g/mol. The Balaban J connectivity index is 2.07. The number of hydrogen-bond acceptors (Lipinski definition) is 5. The van der Waals surface area contributed by atoms with E-state index in [9.17, 15) is 9.36 Å². The second-order valence-electron chi connectivity index (χ2n) is 11.0. The minimum atomic E-state index is -4.53. The molecule has 3 unspecified atom stereocenters. The van der Waals surface area contributed by atoms with Crippen LogP contribution in [0.4, 0.5) is 4.79 Å². The molecule has 2 N–H and O–H groups in total. The van der Waals surface area contributed by atoms with E-state index < -0.39 is 13.3 Å². The standard InChI is InChI=1S/C32H57O6PS/c1-4-6-7-10-14-20-30(31-21-16-19-29(5-2)27-31)22-26-40-25-15-12-9-8-11-13-18-28(3)37-23-17-24-38-39(35,36)32(33)34/h16,19,21,27-28,30H,4-15,17-18,20,22-26H2,1-3H3,(H,33,34)(H,35,36). The topological polar surface area (TPSA) is 93.1 Å². The highest BCUT2D eigenvalue weighted by Gasteiger charge is 2.29. The zero-order chi connectivity index (χ0) is 29.5. The van der Waals surface area contributed by atoms with Crippen molar-refractivity contribution in [3.63, 3.8) is 0 Å². The van der Waals surface area contributed by atoms with Crippen LogP contribution < -0.4 is 0 Å². The summed E-state index contributed by atoms with van der Waals surface area (Å²) in [6.07, 6.45) is 19.6. The Morgan fingerprint density at radius 1 is 0.875 bits per heavy atom. The molecule has 0 saturated heterocycles. The molecule has 0 aliphatic rings. The zero-order valence-electron chi connectivity index (χ0n) is 25.5. The lowest BCUT2D eigenvalue weighted by Crippen LogP contribution is -2.11. The Hall–Kier alpha value is -0.850. The largest absolute Gasteiger partial charge is 0.472 e. The van der Waals surface area contributed by atoms with Crippen molar-refractivity contribution in [1.29, 1.82) is 0 Å². The molecule has 0 aromatic heterocycles. The molecule has 0 heterocycles. The van der Waals surface area contributed by atoms with E-state index in [1.807, 2.05) is 6.92 Å². The molecule has 40 heavy (non-hydrogen) atoms. The first-order valence-electron chi connectivity index (χ1n) is 15.8. The summed E-state index contributed by atoms with van der Waals surface area (Å²) in [5.74, 6) is 3.24. The van der Waals surface area contributed by atoms with Gasteiger partial charge in [-0.15, -0.1) is 0 Å². The number of rotatable bonds is 27. The number of ether oxygens (including phenoxy) is 1. The Bertz CT molecular complexity index is 820. The number of thioether (sulfide) groups is 1. The van der Waals surface area contributed by atoms with Crippen molar-refractivity contribution in [2.75, 3.05) is 24.7 Å². The Morgan fingerprint density at radius 3 is 2.25 bits per heavy atom. The van der Waals surface area contributed by atoms with Gasteiger partial charge in [-0.1, -0.05) is 102 Å². The first-order chi connectivity index (χ1) is 19.3. The van der Waals surface area contributed by atoms with Crippen LogP contribution in [0.5, 0.6) is 0 Å². The van der Waals surface area contributed by atoms with Crippen molar-refractivity contribution in [1.82, 2.24) is 0 Å². The molecule has 8 heteroatoms. The second-order valence-corrected chi connectivity index (χ2v) is 13.9. The quantitative estimate of drug-likeness (QED) is 0.0766. The van der Waals surface area contributed by atoms with Gasteiger partial charge in [-0.05, 0) is 74.0 Å². The molecular formula is C32H57O6PS. The predicted octanol–water partition coefficient (Wildman–Crippen LogP) is 10.2. The first kappa shape index (κ1) is 37.2. The summed E-state index contributed by atoms with van der Waals surface area (Å²) in [5.41, 5.74) is 1.20. The number of benzene rings is 1. The fraction of sp³-hybridized carbons (Fsp3) is 0.781. The van der Waals surface area contributed by atoms with Crippen molar-refractivity contribution in [3.05, 3.63) is 35.4 Å². The summed E-state index contributed by atoms with van der Waals surface area (Å²) in [6.45, 7) is 6.86. The van der Waals surface area contributed by atoms with Gasteiger partial charge >= 0.3 is 13.3 Å². The molecule has 6 nitrogen and oxygen atoms in total. The van der Waals surface area contributed by atoms with Crippen LogP contribution in [0.2, 0.25) is 0 Å². The zero-order valence-corrected chi connectivity index (χ0v) is 27.2. The maximum Gasteiger partial charge on any atom is 0.435 e. The van der Waals surface area contributed by atoms with Crippen LogP contribution in [0.15, 0.2) is 24.3 Å². The molecule has 232 valence electrons. The van der Waals surface area contributed by atoms with E-state index >= 15 is 0 Å².